The van der Waals surface area contributed by atoms with Gasteiger partial charge in [0, 0.05) is 22.1 Å². The molecule has 2 aliphatic heterocycles. The minimum absolute atomic E-state index is 0.0233. The molecule has 16 nitrogen and oxygen atoms in total. The number of anilines is 2. The Balaban J connectivity index is 0.000000180. The molecule has 0 bridgehead atoms. The molecule has 4 aromatic carbocycles. The van der Waals surface area contributed by atoms with Crippen molar-refractivity contribution < 1.29 is 25.9 Å². The van der Waals surface area contributed by atoms with Crippen LogP contribution in [0, 0.1) is 0 Å². The predicted octanol–water partition coefficient (Wildman–Crippen LogP) is 5.69. The fraction of sp³-hybridized carbons (Fsp3) is 0.188. The lowest BCUT2D eigenvalue weighted by molar-refractivity contribution is 0.481. The molecule has 22 heteroatoms. The van der Waals surface area contributed by atoms with E-state index < -0.39 is 41.4 Å². The Hall–Kier alpha value is -4.40. The Labute approximate surface area is 331 Å². The van der Waals surface area contributed by atoms with E-state index in [-0.39, 0.29) is 34.6 Å². The van der Waals surface area contributed by atoms with Crippen molar-refractivity contribution in [3.63, 3.8) is 0 Å². The standard InChI is InChI=1S/2C11H13Cl2N5.C10H8O6S2/c2*1-11(2)17-9(14)16-10(15)18(11)6-3-4-7(12)8(13)5-6;11-17(12,13)9-5-1-3-7-8(9)4-2-6-10(7)18(14,15)16/h2*3-5H,1-2H3,(H4,14,15,16,17);1-6H,(H,11,12,13)(H,14,15,16). The summed E-state index contributed by atoms with van der Waals surface area (Å²) < 4.78 is 62.7. The maximum atomic E-state index is 11.2. The summed E-state index contributed by atoms with van der Waals surface area (Å²) >= 11 is 23.8. The van der Waals surface area contributed by atoms with E-state index in [0.29, 0.717) is 20.1 Å². The average Bonchev–Trinajstić information content (AvgIpc) is 3.02. The number of rotatable bonds is 4. The third kappa shape index (κ3) is 9.63. The van der Waals surface area contributed by atoms with Gasteiger partial charge in [-0.2, -0.15) is 26.8 Å². The van der Waals surface area contributed by atoms with E-state index in [9.17, 15) is 16.8 Å². The lowest BCUT2D eigenvalue weighted by Crippen LogP contribution is -2.54. The molecule has 0 fully saturated rings. The summed E-state index contributed by atoms with van der Waals surface area (Å²) in [7, 11) is -8.94. The third-order valence-electron chi connectivity index (χ3n) is 7.51. The molecule has 2 heterocycles. The first-order valence-corrected chi connectivity index (χ1v) is 19.6. The topological polar surface area (TPSA) is 269 Å². The van der Waals surface area contributed by atoms with Crippen molar-refractivity contribution in [1.82, 2.24) is 0 Å². The number of benzene rings is 4. The fourth-order valence-electron chi connectivity index (χ4n) is 5.45. The Kier molecular flexibility index (Phi) is 12.4. The number of fused-ring (bicyclic) bond motifs is 1. The molecule has 0 radical (unpaired) electrons. The summed E-state index contributed by atoms with van der Waals surface area (Å²) in [6, 6.07) is 18.0. The number of aliphatic imine (C=N–C) groups is 4. The van der Waals surface area contributed by atoms with Gasteiger partial charge in [-0.3, -0.25) is 18.9 Å². The van der Waals surface area contributed by atoms with Crippen LogP contribution in [0.25, 0.3) is 10.8 Å². The van der Waals surface area contributed by atoms with Crippen molar-refractivity contribution in [2.75, 3.05) is 9.80 Å². The molecule has 0 aromatic heterocycles. The van der Waals surface area contributed by atoms with Crippen molar-refractivity contribution >= 4 is 113 Å². The maximum Gasteiger partial charge on any atom is 0.295 e. The summed E-state index contributed by atoms with van der Waals surface area (Å²) in [6.07, 6.45) is 0. The molecule has 54 heavy (non-hydrogen) atoms. The van der Waals surface area contributed by atoms with Crippen LogP contribution >= 0.6 is 46.4 Å². The van der Waals surface area contributed by atoms with Crippen LogP contribution in [-0.2, 0) is 20.2 Å². The van der Waals surface area contributed by atoms with Crippen LogP contribution in [0.15, 0.2) is 103 Å². The Morgan fingerprint density at radius 2 is 0.889 bits per heavy atom. The van der Waals surface area contributed by atoms with Crippen LogP contribution < -0.4 is 32.7 Å². The highest BCUT2D eigenvalue weighted by molar-refractivity contribution is 7.86. The van der Waals surface area contributed by atoms with Gasteiger partial charge in [0.2, 0.25) is 23.8 Å². The summed E-state index contributed by atoms with van der Waals surface area (Å²) in [5.41, 5.74) is 23.3. The van der Waals surface area contributed by atoms with Gasteiger partial charge in [-0.15, -0.1) is 0 Å². The Morgan fingerprint density at radius 1 is 0.556 bits per heavy atom. The van der Waals surface area contributed by atoms with E-state index >= 15 is 0 Å². The molecule has 0 atom stereocenters. The van der Waals surface area contributed by atoms with Gasteiger partial charge >= 0.3 is 0 Å². The van der Waals surface area contributed by atoms with Crippen molar-refractivity contribution in [2.45, 2.75) is 48.8 Å². The molecular formula is C32H34Cl4N10O6S2. The van der Waals surface area contributed by atoms with Gasteiger partial charge in [-0.25, -0.2) is 9.98 Å². The molecule has 0 saturated carbocycles. The van der Waals surface area contributed by atoms with Crippen LogP contribution in [0.4, 0.5) is 11.4 Å². The van der Waals surface area contributed by atoms with Gasteiger partial charge in [0.15, 0.2) is 0 Å². The molecule has 0 amide bonds. The van der Waals surface area contributed by atoms with Gasteiger partial charge in [-0.1, -0.05) is 70.7 Å². The average molecular weight is 861 g/mol. The van der Waals surface area contributed by atoms with Crippen LogP contribution in [0.3, 0.4) is 0 Å². The number of guanidine groups is 4. The molecule has 288 valence electrons. The molecule has 0 saturated heterocycles. The second-order valence-corrected chi connectivity index (χ2v) is 16.7. The summed E-state index contributed by atoms with van der Waals surface area (Å²) in [5.74, 6) is 0.861. The first-order valence-electron chi connectivity index (χ1n) is 15.2. The van der Waals surface area contributed by atoms with Gasteiger partial charge in [0.25, 0.3) is 20.2 Å². The summed E-state index contributed by atoms with van der Waals surface area (Å²) in [6.45, 7) is 7.52. The SMILES string of the molecule is CC1(C)N=C(N)N=C(N)N1c1ccc(Cl)c(Cl)c1.CC1(C)N=C(N)N=C(N)N1c1ccc(Cl)c(Cl)c1.O=S(=O)(O)c1cccc2c(S(=O)(=O)O)cccc12. The molecule has 6 rings (SSSR count). The maximum absolute atomic E-state index is 11.2. The molecule has 4 aromatic rings. The van der Waals surface area contributed by atoms with Gasteiger partial charge in [0.1, 0.15) is 21.1 Å². The van der Waals surface area contributed by atoms with Crippen LogP contribution in [0.1, 0.15) is 27.7 Å². The zero-order valence-corrected chi connectivity index (χ0v) is 33.4. The zero-order chi connectivity index (χ0) is 40.6. The second-order valence-electron chi connectivity index (χ2n) is 12.3. The molecule has 0 unspecified atom stereocenters. The van der Waals surface area contributed by atoms with Gasteiger partial charge < -0.3 is 22.9 Å². The highest BCUT2D eigenvalue weighted by Gasteiger charge is 2.34. The molecule has 2 aliphatic rings. The van der Waals surface area contributed by atoms with Crippen molar-refractivity contribution in [2.24, 2.45) is 42.9 Å². The summed E-state index contributed by atoms with van der Waals surface area (Å²) in [5, 5.41) is 1.90. The highest BCUT2D eigenvalue weighted by atomic mass is 35.5. The van der Waals surface area contributed by atoms with E-state index in [4.69, 9.17) is 78.4 Å². The van der Waals surface area contributed by atoms with Crippen LogP contribution in [0.5, 0.6) is 0 Å². The number of halogens is 4. The molecular weight excluding hydrogens is 826 g/mol. The summed E-state index contributed by atoms with van der Waals surface area (Å²) in [4.78, 5) is 19.1. The quantitative estimate of drug-likeness (QED) is 0.135. The van der Waals surface area contributed by atoms with Crippen molar-refractivity contribution in [1.29, 1.82) is 0 Å². The van der Waals surface area contributed by atoms with Crippen LogP contribution in [0.2, 0.25) is 20.1 Å². The van der Waals surface area contributed by atoms with Crippen molar-refractivity contribution in [3.8, 4) is 0 Å². The number of nitrogens with zero attached hydrogens (tertiary/aromatic N) is 6. The largest absolute Gasteiger partial charge is 0.369 e. The Bertz CT molecular complexity index is 2310. The molecule has 0 aliphatic carbocycles. The molecule has 0 spiro atoms. The van der Waals surface area contributed by atoms with Crippen molar-refractivity contribution in [3.05, 3.63) is 92.9 Å². The highest BCUT2D eigenvalue weighted by Crippen LogP contribution is 2.34. The normalized spacial score (nSPS) is 16.5. The zero-order valence-electron chi connectivity index (χ0n) is 28.8. The lowest BCUT2D eigenvalue weighted by Gasteiger charge is -2.38. The van der Waals surface area contributed by atoms with E-state index in [0.717, 1.165) is 23.5 Å². The number of hydrogen-bond donors (Lipinski definition) is 6. The number of nitrogens with two attached hydrogens (primary N) is 4. The van der Waals surface area contributed by atoms with Crippen LogP contribution in [-0.4, -0.2) is 61.1 Å². The first kappa shape index (κ1) is 42.3. The minimum atomic E-state index is -4.47. The predicted molar refractivity (Wildman–Crippen MR) is 216 cm³/mol. The van der Waals surface area contributed by atoms with E-state index in [2.05, 4.69) is 20.0 Å². The van der Waals surface area contributed by atoms with Gasteiger partial charge in [-0.05, 0) is 76.2 Å². The monoisotopic (exact) mass is 858 g/mol. The van der Waals surface area contributed by atoms with E-state index in [1.165, 1.54) is 24.3 Å². The fourth-order valence-corrected chi connectivity index (χ4v) is 7.45. The first-order chi connectivity index (χ1) is 24.8. The lowest BCUT2D eigenvalue weighted by atomic mass is 10.1. The van der Waals surface area contributed by atoms with E-state index in [1.54, 1.807) is 46.2 Å². The number of hydrogen-bond acceptors (Lipinski definition) is 14. The minimum Gasteiger partial charge on any atom is -0.369 e. The van der Waals surface area contributed by atoms with Gasteiger partial charge in [0.05, 0.1) is 20.1 Å². The van der Waals surface area contributed by atoms with E-state index in [1.807, 2.05) is 27.7 Å². The second kappa shape index (κ2) is 15.8. The molecule has 10 N–H and O–H groups in total. The third-order valence-corrected chi connectivity index (χ3v) is 10.8. The smallest absolute Gasteiger partial charge is 0.295 e. The Morgan fingerprint density at radius 3 is 1.17 bits per heavy atom.